The van der Waals surface area contributed by atoms with Gasteiger partial charge in [0.15, 0.2) is 5.65 Å². The van der Waals surface area contributed by atoms with Crippen molar-refractivity contribution in [2.24, 2.45) is 0 Å². The van der Waals surface area contributed by atoms with Crippen LogP contribution in [0.25, 0.3) is 16.9 Å². The Labute approximate surface area is 99.8 Å². The van der Waals surface area contributed by atoms with Gasteiger partial charge in [0.05, 0.1) is 5.69 Å². The van der Waals surface area contributed by atoms with Crippen molar-refractivity contribution in [1.82, 2.24) is 14.4 Å². The zero-order valence-corrected chi connectivity index (χ0v) is 9.88. The van der Waals surface area contributed by atoms with Gasteiger partial charge in [-0.15, -0.1) is 0 Å². The largest absolute Gasteiger partial charge is 0.301 e. The van der Waals surface area contributed by atoms with Gasteiger partial charge in [-0.1, -0.05) is 30.3 Å². The molecule has 0 fully saturated rings. The van der Waals surface area contributed by atoms with Crippen LogP contribution in [0.4, 0.5) is 0 Å². The number of fused-ring (bicyclic) bond motifs is 1. The summed E-state index contributed by atoms with van der Waals surface area (Å²) >= 11 is 0. The zero-order valence-electron chi connectivity index (χ0n) is 9.88. The lowest BCUT2D eigenvalue weighted by atomic mass is 10.1. The van der Waals surface area contributed by atoms with Crippen molar-refractivity contribution in [2.75, 3.05) is 0 Å². The molecule has 0 aliphatic rings. The first-order valence-corrected chi connectivity index (χ1v) is 5.63. The molecule has 3 heteroatoms. The Morgan fingerprint density at radius 3 is 2.59 bits per heavy atom. The Morgan fingerprint density at radius 1 is 1.06 bits per heavy atom. The Bertz CT molecular complexity index is 669. The highest BCUT2D eigenvalue weighted by atomic mass is 15.0. The van der Waals surface area contributed by atoms with Crippen LogP contribution < -0.4 is 0 Å². The molecule has 0 aliphatic carbocycles. The summed E-state index contributed by atoms with van der Waals surface area (Å²) in [5, 5.41) is 0. The molecule has 0 aliphatic heterocycles. The lowest BCUT2D eigenvalue weighted by molar-refractivity contribution is 1.07. The van der Waals surface area contributed by atoms with Gasteiger partial charge in [-0.25, -0.2) is 4.98 Å². The van der Waals surface area contributed by atoms with E-state index in [1.165, 1.54) is 5.69 Å². The van der Waals surface area contributed by atoms with Gasteiger partial charge < -0.3 is 4.40 Å². The van der Waals surface area contributed by atoms with E-state index in [0.717, 1.165) is 22.6 Å². The quantitative estimate of drug-likeness (QED) is 0.634. The van der Waals surface area contributed by atoms with Crippen LogP contribution in [0, 0.1) is 13.8 Å². The second kappa shape index (κ2) is 3.70. The van der Waals surface area contributed by atoms with Crippen molar-refractivity contribution in [3.05, 3.63) is 54.1 Å². The lowest BCUT2D eigenvalue weighted by Crippen LogP contribution is -1.92. The highest BCUT2D eigenvalue weighted by Gasteiger charge is 2.10. The number of imidazole rings is 1. The number of benzene rings is 1. The van der Waals surface area contributed by atoms with Crippen LogP contribution in [0.3, 0.4) is 0 Å². The Balaban J connectivity index is 2.35. The van der Waals surface area contributed by atoms with E-state index in [0.29, 0.717) is 0 Å². The highest BCUT2D eigenvalue weighted by molar-refractivity contribution is 5.74. The molecule has 1 aromatic carbocycles. The number of aryl methyl sites for hydroxylation is 2. The molecular formula is C14H13N3. The van der Waals surface area contributed by atoms with E-state index in [-0.39, 0.29) is 0 Å². The van der Waals surface area contributed by atoms with Crippen molar-refractivity contribution in [1.29, 1.82) is 0 Å². The molecule has 0 unspecified atom stereocenters. The first-order valence-electron chi connectivity index (χ1n) is 5.63. The summed E-state index contributed by atoms with van der Waals surface area (Å²) in [6.45, 7) is 4.10. The predicted octanol–water partition coefficient (Wildman–Crippen LogP) is 3.01. The normalized spacial score (nSPS) is 10.9. The van der Waals surface area contributed by atoms with Crippen molar-refractivity contribution in [3.63, 3.8) is 0 Å². The van der Waals surface area contributed by atoms with E-state index in [9.17, 15) is 0 Å². The zero-order chi connectivity index (χ0) is 11.8. The molecule has 0 radical (unpaired) electrons. The molecule has 84 valence electrons. The lowest BCUT2D eigenvalue weighted by Gasteiger charge is -2.02. The molecule has 3 rings (SSSR count). The van der Waals surface area contributed by atoms with E-state index in [1.807, 2.05) is 37.5 Å². The van der Waals surface area contributed by atoms with Crippen molar-refractivity contribution >= 4 is 5.65 Å². The van der Waals surface area contributed by atoms with Crippen LogP contribution in [-0.4, -0.2) is 14.4 Å². The molecule has 3 aromatic rings. The van der Waals surface area contributed by atoms with Gasteiger partial charge >= 0.3 is 0 Å². The van der Waals surface area contributed by atoms with E-state index in [1.54, 1.807) is 0 Å². The highest BCUT2D eigenvalue weighted by Crippen LogP contribution is 2.22. The molecular weight excluding hydrogens is 210 g/mol. The molecule has 17 heavy (non-hydrogen) atoms. The number of hydrogen-bond donors (Lipinski definition) is 0. The molecule has 0 atom stereocenters. The number of nitrogens with zero attached hydrogens (tertiary/aromatic N) is 3. The fourth-order valence-electron chi connectivity index (χ4n) is 2.01. The topological polar surface area (TPSA) is 30.2 Å². The van der Waals surface area contributed by atoms with Crippen LogP contribution in [-0.2, 0) is 0 Å². The number of aromatic nitrogens is 3. The molecule has 0 saturated heterocycles. The van der Waals surface area contributed by atoms with Crippen molar-refractivity contribution in [3.8, 4) is 11.3 Å². The summed E-state index contributed by atoms with van der Waals surface area (Å²) in [6, 6.07) is 10.2. The van der Waals surface area contributed by atoms with E-state index in [4.69, 9.17) is 0 Å². The standard InChI is InChI=1S/C14H13N3/c1-10-11(2)17-9-8-15-13(14(17)16-10)12-6-4-3-5-7-12/h3-9H,1-2H3. The van der Waals surface area contributed by atoms with Gasteiger partial charge in [-0.2, -0.15) is 0 Å². The molecule has 2 heterocycles. The minimum Gasteiger partial charge on any atom is -0.301 e. The third-order valence-corrected chi connectivity index (χ3v) is 3.07. The average Bonchev–Trinajstić information content (AvgIpc) is 2.67. The van der Waals surface area contributed by atoms with E-state index in [2.05, 4.69) is 33.4 Å². The van der Waals surface area contributed by atoms with Gasteiger partial charge in [0.2, 0.25) is 0 Å². The minimum atomic E-state index is 0.925. The first-order chi connectivity index (χ1) is 8.27. The van der Waals surface area contributed by atoms with Gasteiger partial charge in [0.25, 0.3) is 0 Å². The monoisotopic (exact) mass is 223 g/mol. The molecule has 2 aromatic heterocycles. The van der Waals surface area contributed by atoms with Gasteiger partial charge in [-0.05, 0) is 13.8 Å². The second-order valence-electron chi connectivity index (χ2n) is 4.12. The maximum atomic E-state index is 4.59. The van der Waals surface area contributed by atoms with Gasteiger partial charge in [0.1, 0.15) is 5.69 Å². The van der Waals surface area contributed by atoms with Crippen LogP contribution in [0.15, 0.2) is 42.7 Å². The third-order valence-electron chi connectivity index (χ3n) is 3.07. The third kappa shape index (κ3) is 1.51. The van der Waals surface area contributed by atoms with Gasteiger partial charge in [0, 0.05) is 23.7 Å². The maximum absolute atomic E-state index is 4.59. The summed E-state index contributed by atoms with van der Waals surface area (Å²) < 4.78 is 2.09. The summed E-state index contributed by atoms with van der Waals surface area (Å²) in [5.41, 5.74) is 5.18. The smallest absolute Gasteiger partial charge is 0.163 e. The van der Waals surface area contributed by atoms with E-state index < -0.39 is 0 Å². The fraction of sp³-hybridized carbons (Fsp3) is 0.143. The molecule has 0 bridgehead atoms. The average molecular weight is 223 g/mol. The van der Waals surface area contributed by atoms with Crippen molar-refractivity contribution in [2.45, 2.75) is 13.8 Å². The van der Waals surface area contributed by atoms with Crippen LogP contribution in [0.1, 0.15) is 11.4 Å². The summed E-state index contributed by atoms with van der Waals surface area (Å²) in [7, 11) is 0. The predicted molar refractivity (Wildman–Crippen MR) is 67.9 cm³/mol. The van der Waals surface area contributed by atoms with Crippen LogP contribution >= 0.6 is 0 Å². The molecule has 0 N–H and O–H groups in total. The van der Waals surface area contributed by atoms with Crippen LogP contribution in [0.2, 0.25) is 0 Å². The Morgan fingerprint density at radius 2 is 1.82 bits per heavy atom. The number of rotatable bonds is 1. The van der Waals surface area contributed by atoms with Crippen molar-refractivity contribution < 1.29 is 0 Å². The SMILES string of the molecule is Cc1nc2c(-c3ccccc3)nccn2c1C. The van der Waals surface area contributed by atoms with Gasteiger partial charge in [-0.3, -0.25) is 4.98 Å². The first kappa shape index (κ1) is 10.0. The Kier molecular flexibility index (Phi) is 2.18. The van der Waals surface area contributed by atoms with E-state index >= 15 is 0 Å². The Hall–Kier alpha value is -2.16. The fourth-order valence-corrected chi connectivity index (χ4v) is 2.01. The number of hydrogen-bond acceptors (Lipinski definition) is 2. The molecule has 0 spiro atoms. The molecule has 0 saturated carbocycles. The summed E-state index contributed by atoms with van der Waals surface area (Å²) in [6.07, 6.45) is 3.78. The maximum Gasteiger partial charge on any atom is 0.163 e. The summed E-state index contributed by atoms with van der Waals surface area (Å²) in [5.74, 6) is 0. The molecule has 0 amide bonds. The summed E-state index contributed by atoms with van der Waals surface area (Å²) in [4.78, 5) is 9.04. The second-order valence-corrected chi connectivity index (χ2v) is 4.12. The molecule has 3 nitrogen and oxygen atoms in total. The van der Waals surface area contributed by atoms with Crippen LogP contribution in [0.5, 0.6) is 0 Å². The minimum absolute atomic E-state index is 0.925.